The lowest BCUT2D eigenvalue weighted by Gasteiger charge is -2.35. The van der Waals surface area contributed by atoms with Gasteiger partial charge in [-0.2, -0.15) is 0 Å². The molecular formula is C14H21ClN2. The molecule has 2 rings (SSSR count). The minimum absolute atomic E-state index is 0.283. The van der Waals surface area contributed by atoms with E-state index in [1.165, 1.54) is 32.1 Å². The summed E-state index contributed by atoms with van der Waals surface area (Å²) in [5.74, 6) is 1.73. The highest BCUT2D eigenvalue weighted by Gasteiger charge is 2.30. The number of alkyl halides is 1. The average molecular weight is 253 g/mol. The first-order chi connectivity index (χ1) is 8.24. The fourth-order valence-electron chi connectivity index (χ4n) is 2.58. The van der Waals surface area contributed by atoms with Crippen molar-refractivity contribution < 1.29 is 0 Å². The predicted molar refractivity (Wildman–Crippen MR) is 73.7 cm³/mol. The van der Waals surface area contributed by atoms with Crippen molar-refractivity contribution in [1.82, 2.24) is 4.98 Å². The van der Waals surface area contributed by atoms with E-state index in [1.54, 1.807) is 0 Å². The zero-order valence-corrected chi connectivity index (χ0v) is 11.3. The van der Waals surface area contributed by atoms with E-state index in [9.17, 15) is 0 Å². The van der Waals surface area contributed by atoms with Gasteiger partial charge in [0, 0.05) is 23.5 Å². The van der Waals surface area contributed by atoms with Crippen molar-refractivity contribution in [2.75, 3.05) is 17.7 Å². The first kappa shape index (κ1) is 12.7. The van der Waals surface area contributed by atoms with Crippen LogP contribution in [0.1, 0.15) is 37.8 Å². The zero-order chi connectivity index (χ0) is 12.1. The van der Waals surface area contributed by atoms with Crippen LogP contribution in [-0.2, 0) is 0 Å². The van der Waals surface area contributed by atoms with E-state index in [4.69, 9.17) is 11.6 Å². The Hall–Kier alpha value is -0.760. The number of nitrogens with zero attached hydrogens (tertiary/aromatic N) is 1. The highest BCUT2D eigenvalue weighted by Crippen LogP contribution is 2.37. The van der Waals surface area contributed by atoms with Gasteiger partial charge in [-0.05, 0) is 31.9 Å². The van der Waals surface area contributed by atoms with Crippen LogP contribution in [0.2, 0.25) is 0 Å². The van der Waals surface area contributed by atoms with Crippen LogP contribution in [-0.4, -0.2) is 17.4 Å². The summed E-state index contributed by atoms with van der Waals surface area (Å²) in [5, 5.41) is 3.45. The maximum atomic E-state index is 6.17. The minimum atomic E-state index is 0.283. The lowest BCUT2D eigenvalue weighted by molar-refractivity contribution is 0.238. The van der Waals surface area contributed by atoms with Gasteiger partial charge < -0.3 is 5.32 Å². The molecular weight excluding hydrogens is 232 g/mol. The molecule has 2 nitrogen and oxygen atoms in total. The average Bonchev–Trinajstić information content (AvgIpc) is 2.38. The molecule has 0 saturated heterocycles. The van der Waals surface area contributed by atoms with E-state index in [1.807, 2.05) is 25.1 Å². The third kappa shape index (κ3) is 3.35. The van der Waals surface area contributed by atoms with Crippen molar-refractivity contribution in [3.8, 4) is 0 Å². The number of pyridine rings is 1. The normalized spacial score (nSPS) is 18.9. The van der Waals surface area contributed by atoms with Gasteiger partial charge in [0.05, 0.1) is 0 Å². The summed E-state index contributed by atoms with van der Waals surface area (Å²) in [7, 11) is 0. The van der Waals surface area contributed by atoms with Crippen LogP contribution in [0.5, 0.6) is 0 Å². The largest absolute Gasteiger partial charge is 0.369 e. The van der Waals surface area contributed by atoms with E-state index in [2.05, 4.69) is 10.3 Å². The summed E-state index contributed by atoms with van der Waals surface area (Å²) >= 11 is 6.17. The van der Waals surface area contributed by atoms with Crippen LogP contribution in [0.4, 0.5) is 5.82 Å². The second-order valence-corrected chi connectivity index (χ2v) is 5.48. The van der Waals surface area contributed by atoms with E-state index < -0.39 is 0 Å². The van der Waals surface area contributed by atoms with E-state index in [0.29, 0.717) is 0 Å². The second-order valence-electron chi connectivity index (χ2n) is 5.21. The van der Waals surface area contributed by atoms with Gasteiger partial charge in [0.1, 0.15) is 5.82 Å². The molecule has 0 unspecified atom stereocenters. The molecule has 0 aliphatic heterocycles. The number of hydrogen-bond acceptors (Lipinski definition) is 2. The lowest BCUT2D eigenvalue weighted by atomic mass is 9.75. The Morgan fingerprint density at radius 3 is 2.71 bits per heavy atom. The monoisotopic (exact) mass is 252 g/mol. The molecule has 1 fully saturated rings. The Morgan fingerprint density at radius 2 is 2.06 bits per heavy atom. The van der Waals surface area contributed by atoms with Crippen LogP contribution >= 0.6 is 11.6 Å². The Kier molecular flexibility index (Phi) is 4.27. The van der Waals surface area contributed by atoms with Crippen molar-refractivity contribution in [1.29, 1.82) is 0 Å². The number of halogens is 1. The Bertz CT molecular complexity index is 359. The molecule has 0 amide bonds. The smallest absolute Gasteiger partial charge is 0.126 e. The quantitative estimate of drug-likeness (QED) is 0.820. The summed E-state index contributed by atoms with van der Waals surface area (Å²) < 4.78 is 0. The van der Waals surface area contributed by atoms with Gasteiger partial charge in [0.2, 0.25) is 0 Å². The molecule has 1 aliphatic rings. The third-order valence-corrected chi connectivity index (χ3v) is 4.30. The standard InChI is InChI=1S/C14H21ClN2/c1-12-6-5-7-13(17-12)16-11-14(10-15)8-3-2-4-9-14/h5-7H,2-4,8-11H2,1H3,(H,16,17). The topological polar surface area (TPSA) is 24.9 Å². The first-order valence-electron chi connectivity index (χ1n) is 6.48. The van der Waals surface area contributed by atoms with Crippen LogP contribution in [0.25, 0.3) is 0 Å². The number of aryl methyl sites for hydroxylation is 1. The van der Waals surface area contributed by atoms with Crippen LogP contribution < -0.4 is 5.32 Å². The van der Waals surface area contributed by atoms with Crippen molar-refractivity contribution in [2.45, 2.75) is 39.0 Å². The molecule has 3 heteroatoms. The van der Waals surface area contributed by atoms with Gasteiger partial charge in [0.15, 0.2) is 0 Å². The van der Waals surface area contributed by atoms with Gasteiger partial charge in [-0.15, -0.1) is 11.6 Å². The van der Waals surface area contributed by atoms with E-state index >= 15 is 0 Å². The highest BCUT2D eigenvalue weighted by molar-refractivity contribution is 6.18. The number of nitrogens with one attached hydrogen (secondary N) is 1. The Morgan fingerprint density at radius 1 is 1.29 bits per heavy atom. The van der Waals surface area contributed by atoms with Crippen molar-refractivity contribution in [3.63, 3.8) is 0 Å². The summed E-state index contributed by atoms with van der Waals surface area (Å²) in [5.41, 5.74) is 1.34. The number of anilines is 1. The summed E-state index contributed by atoms with van der Waals surface area (Å²) in [6.07, 6.45) is 6.48. The molecule has 0 spiro atoms. The fourth-order valence-corrected chi connectivity index (χ4v) is 2.94. The summed E-state index contributed by atoms with van der Waals surface area (Å²) in [6, 6.07) is 6.08. The molecule has 94 valence electrons. The van der Waals surface area contributed by atoms with Gasteiger partial charge >= 0.3 is 0 Å². The highest BCUT2D eigenvalue weighted by atomic mass is 35.5. The molecule has 0 radical (unpaired) electrons. The van der Waals surface area contributed by atoms with Gasteiger partial charge in [-0.1, -0.05) is 25.3 Å². The van der Waals surface area contributed by atoms with Crippen LogP contribution in [0.15, 0.2) is 18.2 Å². The molecule has 0 atom stereocenters. The molecule has 1 saturated carbocycles. The second kappa shape index (κ2) is 5.72. The van der Waals surface area contributed by atoms with Crippen molar-refractivity contribution in [3.05, 3.63) is 23.9 Å². The number of rotatable bonds is 4. The third-order valence-electron chi connectivity index (χ3n) is 3.73. The molecule has 0 bridgehead atoms. The van der Waals surface area contributed by atoms with Crippen molar-refractivity contribution >= 4 is 17.4 Å². The van der Waals surface area contributed by atoms with E-state index in [-0.39, 0.29) is 5.41 Å². The molecule has 0 aromatic carbocycles. The maximum absolute atomic E-state index is 6.17. The molecule has 1 aromatic rings. The SMILES string of the molecule is Cc1cccc(NCC2(CCl)CCCCC2)n1. The Balaban J connectivity index is 1.95. The molecule has 1 N–H and O–H groups in total. The van der Waals surface area contributed by atoms with Gasteiger partial charge in [-0.25, -0.2) is 4.98 Å². The lowest BCUT2D eigenvalue weighted by Crippen LogP contribution is -2.34. The van der Waals surface area contributed by atoms with Crippen LogP contribution in [0, 0.1) is 12.3 Å². The summed E-state index contributed by atoms with van der Waals surface area (Å²) in [6.45, 7) is 2.97. The first-order valence-corrected chi connectivity index (χ1v) is 7.01. The maximum Gasteiger partial charge on any atom is 0.126 e. The van der Waals surface area contributed by atoms with E-state index in [0.717, 1.165) is 23.9 Å². The predicted octanol–water partition coefficient (Wildman–Crippen LogP) is 3.99. The fraction of sp³-hybridized carbons (Fsp3) is 0.643. The number of aromatic nitrogens is 1. The van der Waals surface area contributed by atoms with Gasteiger partial charge in [-0.3, -0.25) is 0 Å². The molecule has 1 heterocycles. The molecule has 17 heavy (non-hydrogen) atoms. The van der Waals surface area contributed by atoms with Crippen LogP contribution in [0.3, 0.4) is 0 Å². The Labute approximate surface area is 109 Å². The minimum Gasteiger partial charge on any atom is -0.369 e. The summed E-state index contributed by atoms with van der Waals surface area (Å²) in [4.78, 5) is 4.47. The van der Waals surface area contributed by atoms with Crippen molar-refractivity contribution in [2.24, 2.45) is 5.41 Å². The molecule has 1 aliphatic carbocycles. The van der Waals surface area contributed by atoms with Gasteiger partial charge in [0.25, 0.3) is 0 Å². The zero-order valence-electron chi connectivity index (χ0n) is 10.5. The number of hydrogen-bond donors (Lipinski definition) is 1. The molecule has 1 aromatic heterocycles.